The van der Waals surface area contributed by atoms with Crippen LogP contribution in [0.2, 0.25) is 0 Å². The molecule has 0 aromatic heterocycles. The summed E-state index contributed by atoms with van der Waals surface area (Å²) in [7, 11) is 0. The number of nitrogens with zero attached hydrogens (tertiary/aromatic N) is 1. The smallest absolute Gasteiger partial charge is 0.303 e. The average Bonchev–Trinajstić information content (AvgIpc) is 2.82. The van der Waals surface area contributed by atoms with E-state index in [1.54, 1.807) is 0 Å². The number of aliphatic carboxylic acids is 1. The van der Waals surface area contributed by atoms with Crippen LogP contribution >= 0.6 is 24.0 Å². The second kappa shape index (κ2) is 7.15. The normalized spacial score (nSPS) is 16.3. The summed E-state index contributed by atoms with van der Waals surface area (Å²) in [6.07, 6.45) is 2.28. The lowest BCUT2D eigenvalue weighted by Gasteiger charge is -2.13. The van der Waals surface area contributed by atoms with Crippen LogP contribution in [0.1, 0.15) is 18.4 Å². The maximum atomic E-state index is 12.5. The molecule has 3 rings (SSSR count). The van der Waals surface area contributed by atoms with Crippen molar-refractivity contribution in [2.45, 2.75) is 12.8 Å². The van der Waals surface area contributed by atoms with E-state index in [9.17, 15) is 9.59 Å². The molecule has 1 heterocycles. The molecule has 0 atom stereocenters. The van der Waals surface area contributed by atoms with Crippen molar-refractivity contribution in [2.75, 3.05) is 6.54 Å². The summed E-state index contributed by atoms with van der Waals surface area (Å²) < 4.78 is 0.483. The Kier molecular flexibility index (Phi) is 4.97. The highest BCUT2D eigenvalue weighted by molar-refractivity contribution is 8.26. The van der Waals surface area contributed by atoms with Gasteiger partial charge in [-0.25, -0.2) is 0 Å². The summed E-state index contributed by atoms with van der Waals surface area (Å²) in [6.45, 7) is 0.337. The first-order chi connectivity index (χ1) is 11.6. The topological polar surface area (TPSA) is 57.6 Å². The van der Waals surface area contributed by atoms with Crippen LogP contribution in [0.25, 0.3) is 16.8 Å². The summed E-state index contributed by atoms with van der Waals surface area (Å²) in [5, 5.41) is 10.9. The Bertz CT molecular complexity index is 855. The Labute approximate surface area is 149 Å². The van der Waals surface area contributed by atoms with Gasteiger partial charge in [0.2, 0.25) is 0 Å². The van der Waals surface area contributed by atoms with Gasteiger partial charge < -0.3 is 5.11 Å². The number of fused-ring (bicyclic) bond motifs is 1. The van der Waals surface area contributed by atoms with E-state index in [-0.39, 0.29) is 12.3 Å². The summed E-state index contributed by atoms with van der Waals surface area (Å²) >= 11 is 6.53. The molecule has 0 unspecified atom stereocenters. The minimum absolute atomic E-state index is 0.0272. The van der Waals surface area contributed by atoms with Gasteiger partial charge in [0, 0.05) is 13.0 Å². The van der Waals surface area contributed by atoms with Crippen molar-refractivity contribution in [3.63, 3.8) is 0 Å². The first-order valence-electron chi connectivity index (χ1n) is 7.51. The Balaban J connectivity index is 1.84. The van der Waals surface area contributed by atoms with Crippen molar-refractivity contribution in [2.24, 2.45) is 0 Å². The predicted molar refractivity (Wildman–Crippen MR) is 101 cm³/mol. The zero-order chi connectivity index (χ0) is 17.1. The molecule has 2 aromatic carbocycles. The van der Waals surface area contributed by atoms with Crippen LogP contribution in [-0.2, 0) is 9.59 Å². The van der Waals surface area contributed by atoms with Gasteiger partial charge in [-0.05, 0) is 28.8 Å². The van der Waals surface area contributed by atoms with Crippen molar-refractivity contribution < 1.29 is 14.7 Å². The van der Waals surface area contributed by atoms with E-state index in [0.29, 0.717) is 22.2 Å². The number of hydrogen-bond acceptors (Lipinski definition) is 4. The highest BCUT2D eigenvalue weighted by Gasteiger charge is 2.31. The highest BCUT2D eigenvalue weighted by atomic mass is 32.2. The number of carbonyl (C=O) groups is 2. The number of rotatable bonds is 5. The minimum Gasteiger partial charge on any atom is -0.481 e. The van der Waals surface area contributed by atoms with Gasteiger partial charge in [0.05, 0.1) is 4.91 Å². The molecule has 0 saturated carbocycles. The lowest BCUT2D eigenvalue weighted by atomic mass is 10.0. The summed E-state index contributed by atoms with van der Waals surface area (Å²) in [6, 6.07) is 14.0. The molecule has 24 heavy (non-hydrogen) atoms. The van der Waals surface area contributed by atoms with Crippen LogP contribution in [0.15, 0.2) is 47.4 Å². The number of carboxylic acids is 1. The Morgan fingerprint density at radius 2 is 1.96 bits per heavy atom. The molecule has 122 valence electrons. The molecule has 2 aromatic rings. The molecule has 4 nitrogen and oxygen atoms in total. The third-order valence-electron chi connectivity index (χ3n) is 3.76. The summed E-state index contributed by atoms with van der Waals surface area (Å²) in [5.41, 5.74) is 0.971. The van der Waals surface area contributed by atoms with Crippen molar-refractivity contribution in [3.8, 4) is 0 Å². The fraction of sp³-hybridized carbons (Fsp3) is 0.167. The van der Waals surface area contributed by atoms with E-state index in [1.165, 1.54) is 16.7 Å². The minimum atomic E-state index is -0.869. The molecule has 1 amide bonds. The maximum absolute atomic E-state index is 12.5. The van der Waals surface area contributed by atoms with E-state index in [0.717, 1.165) is 16.3 Å². The molecule has 1 aliphatic heterocycles. The molecular formula is C18H15NO3S2. The monoisotopic (exact) mass is 357 g/mol. The first-order valence-corrected chi connectivity index (χ1v) is 8.73. The molecule has 1 N–H and O–H groups in total. The van der Waals surface area contributed by atoms with Crippen LogP contribution in [0.3, 0.4) is 0 Å². The maximum Gasteiger partial charge on any atom is 0.303 e. The van der Waals surface area contributed by atoms with Crippen LogP contribution in [0, 0.1) is 0 Å². The predicted octanol–water partition coefficient (Wildman–Crippen LogP) is 3.91. The number of thiocarbonyl (C=S) groups is 1. The lowest BCUT2D eigenvalue weighted by molar-refractivity contribution is -0.137. The largest absolute Gasteiger partial charge is 0.481 e. The second-order valence-electron chi connectivity index (χ2n) is 5.40. The molecule has 0 radical (unpaired) electrons. The molecule has 6 heteroatoms. The Morgan fingerprint density at radius 1 is 1.21 bits per heavy atom. The van der Waals surface area contributed by atoms with Crippen molar-refractivity contribution in [1.82, 2.24) is 4.90 Å². The highest BCUT2D eigenvalue weighted by Crippen LogP contribution is 2.34. The zero-order valence-electron chi connectivity index (χ0n) is 12.8. The van der Waals surface area contributed by atoms with E-state index < -0.39 is 5.97 Å². The van der Waals surface area contributed by atoms with E-state index in [4.69, 9.17) is 17.3 Å². The molecule has 1 aliphatic rings. The van der Waals surface area contributed by atoms with Gasteiger partial charge in [-0.3, -0.25) is 14.5 Å². The first kappa shape index (κ1) is 16.7. The number of carboxylic acid groups (broad SMARTS) is 1. The molecule has 0 bridgehead atoms. The fourth-order valence-electron chi connectivity index (χ4n) is 2.60. The SMILES string of the molecule is O=C(O)CCCN1C(=O)/C(=C/c2cccc3ccccc23)SC1=S. The number of carbonyl (C=O) groups excluding carboxylic acids is 1. The second-order valence-corrected chi connectivity index (χ2v) is 7.07. The van der Waals surface area contributed by atoms with E-state index in [1.807, 2.05) is 48.5 Å². The van der Waals surface area contributed by atoms with Crippen molar-refractivity contribution in [1.29, 1.82) is 0 Å². The quantitative estimate of drug-likeness (QED) is 0.649. The van der Waals surface area contributed by atoms with Crippen LogP contribution in [0.4, 0.5) is 0 Å². The van der Waals surface area contributed by atoms with Crippen LogP contribution < -0.4 is 0 Å². The lowest BCUT2D eigenvalue weighted by Crippen LogP contribution is -2.29. The van der Waals surface area contributed by atoms with E-state index in [2.05, 4.69) is 0 Å². The van der Waals surface area contributed by atoms with Crippen molar-refractivity contribution >= 4 is 57.0 Å². The third kappa shape index (κ3) is 3.49. The van der Waals surface area contributed by atoms with Gasteiger partial charge in [0.25, 0.3) is 5.91 Å². The van der Waals surface area contributed by atoms with Crippen LogP contribution in [0.5, 0.6) is 0 Å². The van der Waals surface area contributed by atoms with Gasteiger partial charge >= 0.3 is 5.97 Å². The number of hydrogen-bond donors (Lipinski definition) is 1. The standard InChI is InChI=1S/C18H15NO3S2/c20-16(21)9-4-10-19-17(22)15(24-18(19)23)11-13-7-3-6-12-5-1-2-8-14(12)13/h1-3,5-8,11H,4,9-10H2,(H,20,21)/b15-11-. The Morgan fingerprint density at radius 3 is 2.75 bits per heavy atom. The molecule has 0 spiro atoms. The number of thioether (sulfide) groups is 1. The average molecular weight is 357 g/mol. The Hall–Kier alpha value is -2.18. The van der Waals surface area contributed by atoms with Gasteiger partial charge in [-0.2, -0.15) is 0 Å². The molecule has 1 saturated heterocycles. The van der Waals surface area contributed by atoms with Gasteiger partial charge in [-0.15, -0.1) is 0 Å². The molecule has 1 fully saturated rings. The third-order valence-corrected chi connectivity index (χ3v) is 5.13. The number of amides is 1. The molecular weight excluding hydrogens is 342 g/mol. The summed E-state index contributed by atoms with van der Waals surface area (Å²) in [4.78, 5) is 25.2. The van der Waals surface area contributed by atoms with Crippen LogP contribution in [-0.4, -0.2) is 32.7 Å². The van der Waals surface area contributed by atoms with E-state index >= 15 is 0 Å². The molecule has 0 aliphatic carbocycles. The fourth-order valence-corrected chi connectivity index (χ4v) is 3.90. The zero-order valence-corrected chi connectivity index (χ0v) is 14.4. The van der Waals surface area contributed by atoms with Gasteiger partial charge in [0.1, 0.15) is 4.32 Å². The van der Waals surface area contributed by atoms with Gasteiger partial charge in [-0.1, -0.05) is 66.4 Å². The van der Waals surface area contributed by atoms with Gasteiger partial charge in [0.15, 0.2) is 0 Å². The summed E-state index contributed by atoms with van der Waals surface area (Å²) in [5.74, 6) is -1.02. The number of benzene rings is 2. The van der Waals surface area contributed by atoms with Crippen molar-refractivity contribution in [3.05, 3.63) is 52.9 Å².